The summed E-state index contributed by atoms with van der Waals surface area (Å²) in [5, 5.41) is 13.0. The van der Waals surface area contributed by atoms with E-state index in [1.807, 2.05) is 6.07 Å². The van der Waals surface area contributed by atoms with Crippen molar-refractivity contribution in [3.8, 4) is 0 Å². The lowest BCUT2D eigenvalue weighted by atomic mass is 9.75. The number of hydrogen-bond acceptors (Lipinski definition) is 4. The number of aromatic nitrogens is 2. The molecule has 0 saturated carbocycles. The minimum atomic E-state index is -0.377. The topological polar surface area (TPSA) is 79.0 Å². The first-order valence-electron chi connectivity index (χ1n) is 6.36. The van der Waals surface area contributed by atoms with Crippen LogP contribution < -0.4 is 10.6 Å². The molecule has 1 aromatic rings. The fraction of sp³-hybridized carbons (Fsp3) is 0.667. The first-order valence-corrected chi connectivity index (χ1v) is 6.36. The lowest BCUT2D eigenvalue weighted by Crippen LogP contribution is -2.51. The van der Waals surface area contributed by atoms with E-state index < -0.39 is 0 Å². The van der Waals surface area contributed by atoms with Gasteiger partial charge in [0.25, 0.3) is 0 Å². The summed E-state index contributed by atoms with van der Waals surface area (Å²) in [5.74, 6) is 0.486. The number of carbonyl (C=O) groups is 1. The van der Waals surface area contributed by atoms with Crippen LogP contribution in [0.3, 0.4) is 0 Å². The van der Waals surface area contributed by atoms with Gasteiger partial charge < -0.3 is 15.4 Å². The van der Waals surface area contributed by atoms with Crippen molar-refractivity contribution in [3.63, 3.8) is 0 Å². The van der Waals surface area contributed by atoms with E-state index in [1.165, 1.54) is 0 Å². The van der Waals surface area contributed by atoms with Crippen LogP contribution in [0.5, 0.6) is 0 Å². The van der Waals surface area contributed by atoms with Crippen LogP contribution >= 0.6 is 0 Å². The van der Waals surface area contributed by atoms with E-state index in [1.54, 1.807) is 6.20 Å². The number of ether oxygens (including phenoxy) is 1. The van der Waals surface area contributed by atoms with Crippen LogP contribution in [0.25, 0.3) is 0 Å². The van der Waals surface area contributed by atoms with Crippen molar-refractivity contribution in [3.05, 3.63) is 18.0 Å². The van der Waals surface area contributed by atoms with E-state index in [2.05, 4.69) is 20.8 Å². The first kappa shape index (κ1) is 11.7. The molecule has 3 rings (SSSR count). The van der Waals surface area contributed by atoms with Crippen molar-refractivity contribution in [2.24, 2.45) is 11.3 Å². The number of hydrogen-bond donors (Lipinski definition) is 3. The molecule has 2 aliphatic heterocycles. The number of aromatic amines is 1. The second-order valence-corrected chi connectivity index (χ2v) is 5.09. The lowest BCUT2D eigenvalue weighted by Gasteiger charge is -2.36. The maximum Gasteiger partial charge on any atom is 0.230 e. The van der Waals surface area contributed by atoms with Gasteiger partial charge in [-0.1, -0.05) is 0 Å². The van der Waals surface area contributed by atoms with Crippen molar-refractivity contribution < 1.29 is 9.53 Å². The molecule has 0 bridgehead atoms. The lowest BCUT2D eigenvalue weighted by molar-refractivity contribution is -0.141. The first-order chi connectivity index (χ1) is 8.81. The molecule has 0 aromatic carbocycles. The van der Waals surface area contributed by atoms with Gasteiger partial charge in [0.15, 0.2) is 0 Å². The number of amides is 1. The van der Waals surface area contributed by atoms with E-state index in [-0.39, 0.29) is 11.3 Å². The molecule has 0 spiro atoms. The normalized spacial score (nSPS) is 31.0. The molecule has 2 saturated heterocycles. The third-order valence-electron chi connectivity index (χ3n) is 4.03. The molecule has 1 amide bonds. The Labute approximate surface area is 105 Å². The summed E-state index contributed by atoms with van der Waals surface area (Å²) in [6, 6.07) is 1.86. The molecular formula is C12H18N4O2. The summed E-state index contributed by atoms with van der Waals surface area (Å²) in [4.78, 5) is 12.4. The second-order valence-electron chi connectivity index (χ2n) is 5.09. The van der Waals surface area contributed by atoms with Crippen molar-refractivity contribution in [2.45, 2.75) is 13.0 Å². The highest BCUT2D eigenvalue weighted by atomic mass is 16.5. The number of nitrogens with one attached hydrogen (secondary N) is 3. The predicted molar refractivity (Wildman–Crippen MR) is 64.7 cm³/mol. The fourth-order valence-electron chi connectivity index (χ4n) is 2.90. The zero-order valence-electron chi connectivity index (χ0n) is 10.2. The Hall–Kier alpha value is -1.40. The Morgan fingerprint density at radius 1 is 1.67 bits per heavy atom. The molecule has 2 atom stereocenters. The minimum absolute atomic E-state index is 0.0896. The maximum absolute atomic E-state index is 12.4. The Bertz CT molecular complexity index is 420. The average molecular weight is 250 g/mol. The zero-order chi connectivity index (χ0) is 12.4. The van der Waals surface area contributed by atoms with Gasteiger partial charge in [-0.05, 0) is 24.9 Å². The molecule has 1 aromatic heterocycles. The summed E-state index contributed by atoms with van der Waals surface area (Å²) >= 11 is 0. The summed E-state index contributed by atoms with van der Waals surface area (Å²) in [7, 11) is 0. The van der Waals surface area contributed by atoms with Gasteiger partial charge >= 0.3 is 0 Å². The zero-order valence-corrected chi connectivity index (χ0v) is 10.2. The van der Waals surface area contributed by atoms with Crippen molar-refractivity contribution >= 4 is 5.91 Å². The molecule has 3 heterocycles. The third-order valence-corrected chi connectivity index (χ3v) is 4.03. The summed E-state index contributed by atoms with van der Waals surface area (Å²) in [6.45, 7) is 3.42. The monoisotopic (exact) mass is 250 g/mol. The smallest absolute Gasteiger partial charge is 0.230 e. The highest BCUT2D eigenvalue weighted by molar-refractivity contribution is 5.84. The molecule has 2 aliphatic rings. The Morgan fingerprint density at radius 2 is 2.61 bits per heavy atom. The van der Waals surface area contributed by atoms with E-state index in [0.717, 1.165) is 25.3 Å². The van der Waals surface area contributed by atoms with Crippen LogP contribution in [0, 0.1) is 11.3 Å². The van der Waals surface area contributed by atoms with Crippen molar-refractivity contribution in [2.75, 3.05) is 26.3 Å². The Balaban J connectivity index is 1.66. The third kappa shape index (κ3) is 1.91. The molecular weight excluding hydrogens is 232 g/mol. The molecule has 18 heavy (non-hydrogen) atoms. The summed E-state index contributed by atoms with van der Waals surface area (Å²) in [5.41, 5.74) is 0.539. The number of rotatable bonds is 3. The molecule has 6 heteroatoms. The van der Waals surface area contributed by atoms with Crippen LogP contribution in [0.4, 0.5) is 0 Å². The van der Waals surface area contributed by atoms with Crippen LogP contribution in [0.1, 0.15) is 12.1 Å². The minimum Gasteiger partial charge on any atom is -0.380 e. The molecule has 98 valence electrons. The van der Waals surface area contributed by atoms with Crippen LogP contribution in [-0.2, 0) is 16.1 Å². The average Bonchev–Trinajstić information content (AvgIpc) is 3.05. The second kappa shape index (κ2) is 4.70. The molecule has 0 unspecified atom stereocenters. The Kier molecular flexibility index (Phi) is 3.05. The highest BCUT2D eigenvalue weighted by Gasteiger charge is 2.50. The maximum atomic E-state index is 12.4. The van der Waals surface area contributed by atoms with Crippen molar-refractivity contribution in [1.82, 2.24) is 20.8 Å². The quantitative estimate of drug-likeness (QED) is 0.685. The fourth-order valence-corrected chi connectivity index (χ4v) is 2.90. The molecule has 0 aliphatic carbocycles. The number of H-pyrrole nitrogens is 1. The number of fused-ring (bicyclic) bond motifs is 1. The largest absolute Gasteiger partial charge is 0.380 e. The summed E-state index contributed by atoms with van der Waals surface area (Å²) < 4.78 is 5.52. The van der Waals surface area contributed by atoms with Crippen LogP contribution in [0.2, 0.25) is 0 Å². The van der Waals surface area contributed by atoms with Crippen LogP contribution in [-0.4, -0.2) is 42.4 Å². The van der Waals surface area contributed by atoms with E-state index in [4.69, 9.17) is 4.74 Å². The van der Waals surface area contributed by atoms with Crippen molar-refractivity contribution in [1.29, 1.82) is 0 Å². The number of nitrogens with zero attached hydrogens (tertiary/aromatic N) is 1. The highest BCUT2D eigenvalue weighted by Crippen LogP contribution is 2.37. The molecule has 0 radical (unpaired) electrons. The SMILES string of the molecule is O=C(NCc1ccn[nH]1)[C@]12CNC[C@H]1CCOC2. The van der Waals surface area contributed by atoms with Gasteiger partial charge in [-0.3, -0.25) is 9.89 Å². The van der Waals surface area contributed by atoms with Gasteiger partial charge in [0.05, 0.1) is 24.3 Å². The summed E-state index contributed by atoms with van der Waals surface area (Å²) in [6.07, 6.45) is 2.65. The standard InChI is InChI=1S/C12H18N4O2/c17-11(14-6-10-1-3-15-16-10)12-7-13-5-9(12)2-4-18-8-12/h1,3,9,13H,2,4-8H2,(H,14,17)(H,15,16)/t9-,12+/m1/s1. The molecule has 6 nitrogen and oxygen atoms in total. The van der Waals surface area contributed by atoms with Gasteiger partial charge in [-0.15, -0.1) is 0 Å². The van der Waals surface area contributed by atoms with Crippen LogP contribution in [0.15, 0.2) is 12.3 Å². The van der Waals surface area contributed by atoms with E-state index >= 15 is 0 Å². The van der Waals surface area contributed by atoms with E-state index in [0.29, 0.717) is 25.6 Å². The van der Waals surface area contributed by atoms with E-state index in [9.17, 15) is 4.79 Å². The van der Waals surface area contributed by atoms with Gasteiger partial charge in [-0.25, -0.2) is 0 Å². The van der Waals surface area contributed by atoms with Gasteiger partial charge in [0, 0.05) is 19.3 Å². The van der Waals surface area contributed by atoms with Gasteiger partial charge in [-0.2, -0.15) is 5.10 Å². The predicted octanol–water partition coefficient (Wildman–Crippen LogP) is -0.348. The molecule has 2 fully saturated rings. The Morgan fingerprint density at radius 3 is 3.44 bits per heavy atom. The van der Waals surface area contributed by atoms with Gasteiger partial charge in [0.2, 0.25) is 5.91 Å². The number of carbonyl (C=O) groups excluding carboxylic acids is 1. The van der Waals surface area contributed by atoms with Gasteiger partial charge in [0.1, 0.15) is 0 Å². The molecule has 3 N–H and O–H groups in total.